The molecule has 0 saturated heterocycles. The highest BCUT2D eigenvalue weighted by Crippen LogP contribution is 2.03. The van der Waals surface area contributed by atoms with Crippen molar-refractivity contribution in [3.8, 4) is 0 Å². The fraction of sp³-hybridized carbons (Fsp3) is 0.400. The fourth-order valence-corrected chi connectivity index (χ4v) is 0.900. The standard InChI is InChI=1S/C10H14/c1-2-3-7-10-8-5-4-6-9-10/h4-6,8-9H,2-3,7H2,1H3/i7D/t7-/m1/s1. The summed E-state index contributed by atoms with van der Waals surface area (Å²) in [7, 11) is 0. The third-order valence-electron chi connectivity index (χ3n) is 1.47. The van der Waals surface area contributed by atoms with Crippen LogP contribution in [0.1, 0.15) is 26.7 Å². The van der Waals surface area contributed by atoms with Gasteiger partial charge in [-0.3, -0.25) is 0 Å². The molecule has 54 valence electrons. The van der Waals surface area contributed by atoms with E-state index in [1.165, 1.54) is 0 Å². The smallest absolute Gasteiger partial charge is 0.0316 e. The van der Waals surface area contributed by atoms with E-state index in [0.717, 1.165) is 18.4 Å². The highest BCUT2D eigenvalue weighted by Gasteiger charge is 1.87. The van der Waals surface area contributed by atoms with Crippen LogP contribution in [0.15, 0.2) is 30.3 Å². The van der Waals surface area contributed by atoms with Crippen LogP contribution in [-0.2, 0) is 6.40 Å². The van der Waals surface area contributed by atoms with E-state index >= 15 is 0 Å². The molecule has 0 saturated carbocycles. The van der Waals surface area contributed by atoms with Crippen LogP contribution < -0.4 is 0 Å². The molecule has 0 radical (unpaired) electrons. The molecule has 1 atom stereocenters. The molecule has 0 aliphatic heterocycles. The van der Waals surface area contributed by atoms with Gasteiger partial charge in [0.15, 0.2) is 0 Å². The molecule has 1 aromatic rings. The lowest BCUT2D eigenvalue weighted by atomic mass is 10.1. The summed E-state index contributed by atoms with van der Waals surface area (Å²) in [4.78, 5) is 0. The Morgan fingerprint density at radius 3 is 2.60 bits per heavy atom. The normalized spacial score (nSPS) is 14.3. The van der Waals surface area contributed by atoms with E-state index in [1.807, 2.05) is 30.3 Å². The Hall–Kier alpha value is -0.780. The third kappa shape index (κ3) is 2.22. The van der Waals surface area contributed by atoms with Gasteiger partial charge in [0, 0.05) is 1.37 Å². The lowest BCUT2D eigenvalue weighted by Crippen LogP contribution is -1.81. The van der Waals surface area contributed by atoms with E-state index in [2.05, 4.69) is 6.92 Å². The molecule has 1 aromatic carbocycles. The molecule has 0 nitrogen and oxygen atoms in total. The molecule has 0 aliphatic carbocycles. The van der Waals surface area contributed by atoms with Crippen molar-refractivity contribution in [2.24, 2.45) is 0 Å². The van der Waals surface area contributed by atoms with E-state index < -0.39 is 0 Å². The van der Waals surface area contributed by atoms with Crippen molar-refractivity contribution in [3.05, 3.63) is 35.9 Å². The summed E-state index contributed by atoms with van der Waals surface area (Å²) in [5.41, 5.74) is 1.13. The summed E-state index contributed by atoms with van der Waals surface area (Å²) in [5, 5.41) is 0. The summed E-state index contributed by atoms with van der Waals surface area (Å²) >= 11 is 0. The number of hydrogen-bond donors (Lipinski definition) is 0. The van der Waals surface area contributed by atoms with Gasteiger partial charge in [-0.05, 0) is 18.4 Å². The first-order chi connectivity index (χ1) is 5.34. The number of hydrogen-bond acceptors (Lipinski definition) is 0. The maximum Gasteiger partial charge on any atom is 0.0316 e. The van der Waals surface area contributed by atoms with Crippen LogP contribution in [0.3, 0.4) is 0 Å². The molecule has 0 fully saturated rings. The molecule has 0 aromatic heterocycles. The largest absolute Gasteiger partial charge is 0.0654 e. The van der Waals surface area contributed by atoms with Crippen molar-refractivity contribution >= 4 is 0 Å². The topological polar surface area (TPSA) is 0 Å². The summed E-state index contributed by atoms with van der Waals surface area (Å²) in [6, 6.07) is 10.0. The van der Waals surface area contributed by atoms with Crippen LogP contribution in [0.5, 0.6) is 0 Å². The maximum atomic E-state index is 7.71. The van der Waals surface area contributed by atoms with Crippen LogP contribution in [0, 0.1) is 0 Å². The Bertz CT molecular complexity index is 193. The molecule has 0 heterocycles. The molecule has 0 spiro atoms. The van der Waals surface area contributed by atoms with Crippen molar-refractivity contribution in [3.63, 3.8) is 0 Å². The van der Waals surface area contributed by atoms with E-state index in [0.29, 0.717) is 0 Å². The first-order valence-corrected chi connectivity index (χ1v) is 3.81. The first kappa shape index (κ1) is 5.96. The Kier molecular flexibility index (Phi) is 2.45. The summed E-state index contributed by atoms with van der Waals surface area (Å²) in [6.45, 7) is 2.12. The minimum Gasteiger partial charge on any atom is -0.0654 e. The number of rotatable bonds is 3. The molecule has 1 rings (SSSR count). The van der Waals surface area contributed by atoms with Gasteiger partial charge in [0.25, 0.3) is 0 Å². The van der Waals surface area contributed by atoms with Crippen molar-refractivity contribution in [2.45, 2.75) is 26.2 Å². The minimum atomic E-state index is -0.0267. The van der Waals surface area contributed by atoms with Gasteiger partial charge in [0.05, 0.1) is 0 Å². The molecular weight excluding hydrogens is 120 g/mol. The van der Waals surface area contributed by atoms with Gasteiger partial charge >= 0.3 is 0 Å². The van der Waals surface area contributed by atoms with Crippen LogP contribution >= 0.6 is 0 Å². The maximum absolute atomic E-state index is 7.71. The van der Waals surface area contributed by atoms with E-state index in [1.54, 1.807) is 0 Å². The lowest BCUT2D eigenvalue weighted by Gasteiger charge is -1.96. The van der Waals surface area contributed by atoms with Crippen molar-refractivity contribution < 1.29 is 1.37 Å². The van der Waals surface area contributed by atoms with Gasteiger partial charge in [0.2, 0.25) is 0 Å². The molecule has 0 unspecified atom stereocenters. The predicted molar refractivity (Wildman–Crippen MR) is 45.1 cm³/mol. The van der Waals surface area contributed by atoms with Crippen LogP contribution in [0.2, 0.25) is 0 Å². The van der Waals surface area contributed by atoms with Gasteiger partial charge in [-0.1, -0.05) is 43.7 Å². The third-order valence-corrected chi connectivity index (χ3v) is 1.47. The van der Waals surface area contributed by atoms with E-state index in [9.17, 15) is 0 Å². The average molecular weight is 135 g/mol. The highest BCUT2D eigenvalue weighted by atomic mass is 13.9. The van der Waals surface area contributed by atoms with Crippen LogP contribution in [0.25, 0.3) is 0 Å². The number of benzene rings is 1. The van der Waals surface area contributed by atoms with Gasteiger partial charge in [-0.15, -0.1) is 0 Å². The second-order valence-electron chi connectivity index (χ2n) is 2.40. The van der Waals surface area contributed by atoms with Crippen LogP contribution in [0.4, 0.5) is 0 Å². The first-order valence-electron chi connectivity index (χ1n) is 4.39. The highest BCUT2D eigenvalue weighted by molar-refractivity contribution is 5.14. The van der Waals surface area contributed by atoms with Gasteiger partial charge in [-0.2, -0.15) is 0 Å². The average Bonchev–Trinajstić information content (AvgIpc) is 2.07. The zero-order valence-electron chi connectivity index (χ0n) is 7.38. The second kappa shape index (κ2) is 4.10. The van der Waals surface area contributed by atoms with Crippen molar-refractivity contribution in [2.75, 3.05) is 0 Å². The van der Waals surface area contributed by atoms with Gasteiger partial charge < -0.3 is 0 Å². The van der Waals surface area contributed by atoms with Gasteiger partial charge in [-0.25, -0.2) is 0 Å². The fourth-order valence-electron chi connectivity index (χ4n) is 0.900. The molecule has 0 N–H and O–H groups in total. The minimum absolute atomic E-state index is 0.0267. The van der Waals surface area contributed by atoms with Gasteiger partial charge in [0.1, 0.15) is 0 Å². The lowest BCUT2D eigenvalue weighted by molar-refractivity contribution is 0.795. The zero-order chi connectivity index (χ0) is 8.10. The molecule has 0 bridgehead atoms. The molecule has 0 amide bonds. The monoisotopic (exact) mass is 135 g/mol. The SMILES string of the molecule is [2H][C@H](CCC)c1ccccc1. The summed E-state index contributed by atoms with van der Waals surface area (Å²) < 4.78 is 7.71. The van der Waals surface area contributed by atoms with Crippen molar-refractivity contribution in [1.29, 1.82) is 0 Å². The van der Waals surface area contributed by atoms with Crippen LogP contribution in [-0.4, -0.2) is 0 Å². The number of aryl methyl sites for hydroxylation is 1. The Morgan fingerprint density at radius 2 is 2.00 bits per heavy atom. The Labute approximate surface area is 64.3 Å². The molecule has 0 aliphatic rings. The molecule has 10 heavy (non-hydrogen) atoms. The predicted octanol–water partition coefficient (Wildman–Crippen LogP) is 3.03. The quantitative estimate of drug-likeness (QED) is 0.597. The zero-order valence-corrected chi connectivity index (χ0v) is 6.38. The second-order valence-corrected chi connectivity index (χ2v) is 2.40. The van der Waals surface area contributed by atoms with Crippen molar-refractivity contribution in [1.82, 2.24) is 0 Å². The van der Waals surface area contributed by atoms with E-state index in [-0.39, 0.29) is 6.40 Å². The summed E-state index contributed by atoms with van der Waals surface area (Å²) in [6.07, 6.45) is 2.02. The molecule has 0 heteroatoms. The van der Waals surface area contributed by atoms with E-state index in [4.69, 9.17) is 1.37 Å². The molecular formula is C10H14. The summed E-state index contributed by atoms with van der Waals surface area (Å²) in [5.74, 6) is 0. The Balaban J connectivity index is 2.61. The Morgan fingerprint density at radius 1 is 1.30 bits per heavy atom.